The van der Waals surface area contributed by atoms with Crippen molar-refractivity contribution in [3.63, 3.8) is 0 Å². The van der Waals surface area contributed by atoms with E-state index in [1.807, 2.05) is 32.3 Å². The van der Waals surface area contributed by atoms with Crippen molar-refractivity contribution in [2.75, 3.05) is 20.6 Å². The van der Waals surface area contributed by atoms with Gasteiger partial charge in [-0.2, -0.15) is 0 Å². The summed E-state index contributed by atoms with van der Waals surface area (Å²) in [6.45, 7) is 0.409. The van der Waals surface area contributed by atoms with Crippen LogP contribution in [0, 0.1) is 0 Å². The van der Waals surface area contributed by atoms with E-state index in [1.165, 1.54) is 17.9 Å². The largest absolute Gasteiger partial charge is 0.459 e. The molecule has 0 radical (unpaired) electrons. The SMILES string of the molecule is CN(C)C(CNC(=O)c1occc1CS(=O)(=O)c1ccccc1)Cc1ccccc1. The third-order valence-corrected chi connectivity index (χ3v) is 6.62. The Bertz CT molecular complexity index is 1060. The van der Waals surface area contributed by atoms with Gasteiger partial charge >= 0.3 is 0 Å². The van der Waals surface area contributed by atoms with Crippen LogP contribution in [0.2, 0.25) is 0 Å². The van der Waals surface area contributed by atoms with E-state index in [1.54, 1.807) is 30.3 Å². The highest BCUT2D eigenvalue weighted by molar-refractivity contribution is 7.90. The average Bonchev–Trinajstić information content (AvgIpc) is 3.19. The predicted octanol–water partition coefficient (Wildman–Crippen LogP) is 3.16. The number of hydrogen-bond donors (Lipinski definition) is 1. The number of sulfone groups is 1. The molecule has 1 aromatic heterocycles. The molecule has 0 aliphatic carbocycles. The van der Waals surface area contributed by atoms with E-state index in [0.29, 0.717) is 12.1 Å². The van der Waals surface area contributed by atoms with Crippen LogP contribution < -0.4 is 5.32 Å². The fraction of sp³-hybridized carbons (Fsp3) is 0.261. The summed E-state index contributed by atoms with van der Waals surface area (Å²) in [5, 5.41) is 2.88. The number of likely N-dealkylation sites (N-methyl/N-ethyl adjacent to an activating group) is 1. The first-order valence-electron chi connectivity index (χ1n) is 9.69. The van der Waals surface area contributed by atoms with Crippen molar-refractivity contribution < 1.29 is 17.6 Å². The van der Waals surface area contributed by atoms with Crippen LogP contribution in [0.4, 0.5) is 0 Å². The Morgan fingerprint density at radius 2 is 1.63 bits per heavy atom. The van der Waals surface area contributed by atoms with Gasteiger partial charge in [0.15, 0.2) is 15.6 Å². The Balaban J connectivity index is 1.67. The van der Waals surface area contributed by atoms with Gasteiger partial charge in [-0.1, -0.05) is 48.5 Å². The maximum Gasteiger partial charge on any atom is 0.287 e. The number of furan rings is 1. The summed E-state index contributed by atoms with van der Waals surface area (Å²) in [7, 11) is 0.353. The van der Waals surface area contributed by atoms with Crippen LogP contribution in [0.25, 0.3) is 0 Å². The normalized spacial score (nSPS) is 12.6. The molecule has 0 spiro atoms. The molecular weight excluding hydrogens is 400 g/mol. The van der Waals surface area contributed by atoms with Gasteiger partial charge in [-0.25, -0.2) is 8.42 Å². The van der Waals surface area contributed by atoms with Crippen molar-refractivity contribution in [3.05, 3.63) is 89.9 Å². The second-order valence-corrected chi connectivity index (χ2v) is 9.35. The Labute approximate surface area is 177 Å². The van der Waals surface area contributed by atoms with Crippen molar-refractivity contribution in [2.24, 2.45) is 0 Å². The van der Waals surface area contributed by atoms with Crippen molar-refractivity contribution >= 4 is 15.7 Å². The number of carbonyl (C=O) groups excluding carboxylic acids is 1. The smallest absolute Gasteiger partial charge is 0.287 e. The first-order chi connectivity index (χ1) is 14.4. The van der Waals surface area contributed by atoms with E-state index in [-0.39, 0.29) is 22.5 Å². The van der Waals surface area contributed by atoms with E-state index in [0.717, 1.165) is 6.42 Å². The van der Waals surface area contributed by atoms with Gasteiger partial charge < -0.3 is 14.6 Å². The first-order valence-corrected chi connectivity index (χ1v) is 11.3. The fourth-order valence-electron chi connectivity index (χ4n) is 3.18. The van der Waals surface area contributed by atoms with Gasteiger partial charge in [0, 0.05) is 18.2 Å². The van der Waals surface area contributed by atoms with Gasteiger partial charge in [0.2, 0.25) is 0 Å². The minimum absolute atomic E-state index is 0.0340. The van der Waals surface area contributed by atoms with Crippen LogP contribution in [-0.2, 0) is 22.0 Å². The molecule has 30 heavy (non-hydrogen) atoms. The molecule has 0 bridgehead atoms. The number of carbonyl (C=O) groups is 1. The van der Waals surface area contributed by atoms with Gasteiger partial charge in [-0.15, -0.1) is 0 Å². The lowest BCUT2D eigenvalue weighted by Crippen LogP contribution is -2.41. The highest BCUT2D eigenvalue weighted by Crippen LogP contribution is 2.20. The third-order valence-electron chi connectivity index (χ3n) is 4.94. The minimum atomic E-state index is -3.57. The molecule has 0 aliphatic heterocycles. The molecule has 0 fully saturated rings. The molecule has 158 valence electrons. The summed E-state index contributed by atoms with van der Waals surface area (Å²) in [5.74, 6) is -0.679. The Kier molecular flexibility index (Phi) is 7.07. The van der Waals surface area contributed by atoms with E-state index in [9.17, 15) is 13.2 Å². The Morgan fingerprint density at radius 1 is 1.00 bits per heavy atom. The number of nitrogens with one attached hydrogen (secondary N) is 1. The third kappa shape index (κ3) is 5.58. The molecule has 3 aromatic rings. The lowest BCUT2D eigenvalue weighted by molar-refractivity contribution is 0.0913. The lowest BCUT2D eigenvalue weighted by Gasteiger charge is -2.24. The summed E-state index contributed by atoms with van der Waals surface area (Å²) in [5.41, 5.74) is 1.53. The highest BCUT2D eigenvalue weighted by atomic mass is 32.2. The molecule has 0 saturated heterocycles. The molecule has 7 heteroatoms. The van der Waals surface area contributed by atoms with Crippen molar-refractivity contribution in [1.29, 1.82) is 0 Å². The van der Waals surface area contributed by atoms with Crippen LogP contribution in [0.15, 0.2) is 82.3 Å². The monoisotopic (exact) mass is 426 g/mol. The number of amides is 1. The van der Waals surface area contributed by atoms with Crippen LogP contribution in [0.5, 0.6) is 0 Å². The zero-order valence-corrected chi connectivity index (χ0v) is 17.9. The summed E-state index contributed by atoms with van der Waals surface area (Å²) >= 11 is 0. The van der Waals surface area contributed by atoms with Crippen LogP contribution >= 0.6 is 0 Å². The van der Waals surface area contributed by atoms with Crippen LogP contribution in [-0.4, -0.2) is 45.9 Å². The van der Waals surface area contributed by atoms with Gasteiger partial charge in [-0.3, -0.25) is 4.79 Å². The van der Waals surface area contributed by atoms with Crippen molar-refractivity contribution in [2.45, 2.75) is 23.1 Å². The van der Waals surface area contributed by atoms with Gasteiger partial charge in [-0.05, 0) is 44.3 Å². The summed E-state index contributed by atoms with van der Waals surface area (Å²) in [6, 6.07) is 19.9. The maximum absolute atomic E-state index is 12.7. The highest BCUT2D eigenvalue weighted by Gasteiger charge is 2.23. The molecule has 1 heterocycles. The van der Waals surface area contributed by atoms with Crippen molar-refractivity contribution in [3.8, 4) is 0 Å². The van der Waals surface area contributed by atoms with E-state index in [4.69, 9.17) is 4.42 Å². The van der Waals surface area contributed by atoms with Gasteiger partial charge in [0.05, 0.1) is 16.9 Å². The fourth-order valence-corrected chi connectivity index (χ4v) is 4.55. The van der Waals surface area contributed by atoms with E-state index in [2.05, 4.69) is 22.3 Å². The zero-order chi connectivity index (χ0) is 21.6. The van der Waals surface area contributed by atoms with Gasteiger partial charge in [0.25, 0.3) is 5.91 Å². The molecule has 2 aromatic carbocycles. The van der Waals surface area contributed by atoms with E-state index < -0.39 is 15.7 Å². The summed E-state index contributed by atoms with van der Waals surface area (Å²) in [4.78, 5) is 15.0. The topological polar surface area (TPSA) is 79.6 Å². The standard InChI is InChI=1S/C23H26N2O4S/c1-25(2)20(15-18-9-5-3-6-10-18)16-24-23(26)22-19(13-14-29-22)17-30(27,28)21-11-7-4-8-12-21/h3-14,20H,15-17H2,1-2H3,(H,24,26). The molecule has 1 amide bonds. The second kappa shape index (κ2) is 9.73. The zero-order valence-electron chi connectivity index (χ0n) is 17.1. The van der Waals surface area contributed by atoms with Crippen molar-refractivity contribution in [1.82, 2.24) is 10.2 Å². The number of hydrogen-bond acceptors (Lipinski definition) is 5. The molecular formula is C23H26N2O4S. The quantitative estimate of drug-likeness (QED) is 0.569. The Hall–Kier alpha value is -2.90. The molecule has 0 aliphatic rings. The first kappa shape index (κ1) is 21.8. The van der Waals surface area contributed by atoms with Crippen LogP contribution in [0.1, 0.15) is 21.7 Å². The number of rotatable bonds is 9. The van der Waals surface area contributed by atoms with E-state index >= 15 is 0 Å². The second-order valence-electron chi connectivity index (χ2n) is 7.36. The Morgan fingerprint density at radius 3 is 2.27 bits per heavy atom. The predicted molar refractivity (Wildman–Crippen MR) is 116 cm³/mol. The van der Waals surface area contributed by atoms with Gasteiger partial charge in [0.1, 0.15) is 0 Å². The molecule has 1 unspecified atom stereocenters. The molecule has 1 atom stereocenters. The minimum Gasteiger partial charge on any atom is -0.459 e. The summed E-state index contributed by atoms with van der Waals surface area (Å²) in [6.07, 6.45) is 2.12. The molecule has 3 rings (SSSR count). The van der Waals surface area contributed by atoms with Crippen LogP contribution in [0.3, 0.4) is 0 Å². The molecule has 6 nitrogen and oxygen atoms in total. The lowest BCUT2D eigenvalue weighted by atomic mass is 10.1. The molecule has 1 N–H and O–H groups in total. The molecule has 0 saturated carbocycles. The maximum atomic E-state index is 12.7. The number of nitrogens with zero attached hydrogens (tertiary/aromatic N) is 1. The average molecular weight is 427 g/mol. The number of benzene rings is 2. The summed E-state index contributed by atoms with van der Waals surface area (Å²) < 4.78 is 30.6.